The highest BCUT2D eigenvalue weighted by Crippen LogP contribution is 2.28. The molecule has 0 saturated heterocycles. The molecular weight excluding hydrogens is 260 g/mol. The molecule has 0 aliphatic heterocycles. The van der Waals surface area contributed by atoms with Crippen LogP contribution in [-0.4, -0.2) is 32.2 Å². The maximum absolute atomic E-state index is 11.9. The van der Waals surface area contributed by atoms with E-state index in [1.165, 1.54) is 0 Å². The van der Waals surface area contributed by atoms with Gasteiger partial charge in [0.1, 0.15) is 0 Å². The van der Waals surface area contributed by atoms with Crippen molar-refractivity contribution < 1.29 is 14.3 Å². The van der Waals surface area contributed by atoms with Crippen molar-refractivity contribution in [2.24, 2.45) is 5.11 Å². The minimum Gasteiger partial charge on any atom is -0.490 e. The van der Waals surface area contributed by atoms with Gasteiger partial charge in [0.25, 0.3) is 5.91 Å². The Balaban J connectivity index is 2.76. The van der Waals surface area contributed by atoms with Gasteiger partial charge in [-0.15, -0.1) is 0 Å². The number of nitrogens with zero attached hydrogens (tertiary/aromatic N) is 3. The van der Waals surface area contributed by atoms with Crippen LogP contribution in [-0.2, 0) is 0 Å². The Morgan fingerprint density at radius 1 is 1.30 bits per heavy atom. The van der Waals surface area contributed by atoms with E-state index in [0.29, 0.717) is 36.8 Å². The topological polar surface area (TPSA) is 96.3 Å². The predicted octanol–water partition coefficient (Wildman–Crippen LogP) is 2.52. The van der Waals surface area contributed by atoms with Crippen molar-refractivity contribution in [3.8, 4) is 11.5 Å². The van der Waals surface area contributed by atoms with Crippen LogP contribution in [0.5, 0.6) is 11.5 Å². The standard InChI is InChI=1S/C13H18N4O3/c1-3-19-11-6-5-10(9-12(11)20-4-2)13(18)15-7-8-16-17-14/h5-6,9H,3-4,7-8H2,1-2H3,(H,15,18). The molecule has 7 heteroatoms. The van der Waals surface area contributed by atoms with Crippen molar-refractivity contribution in [1.82, 2.24) is 5.32 Å². The van der Waals surface area contributed by atoms with Crippen molar-refractivity contribution in [3.05, 3.63) is 34.2 Å². The minimum absolute atomic E-state index is 0.220. The summed E-state index contributed by atoms with van der Waals surface area (Å²) >= 11 is 0. The molecule has 108 valence electrons. The van der Waals surface area contributed by atoms with Gasteiger partial charge in [-0.1, -0.05) is 5.11 Å². The Kier molecular flexibility index (Phi) is 6.78. The van der Waals surface area contributed by atoms with E-state index in [1.54, 1.807) is 18.2 Å². The summed E-state index contributed by atoms with van der Waals surface area (Å²) in [4.78, 5) is 14.5. The quantitative estimate of drug-likeness (QED) is 0.342. The first-order valence-corrected chi connectivity index (χ1v) is 6.41. The fourth-order valence-electron chi connectivity index (χ4n) is 1.56. The molecule has 0 fully saturated rings. The SMILES string of the molecule is CCOc1ccc(C(=O)NCCN=[N+]=[N-])cc1OCC. The molecule has 0 aliphatic rings. The molecular formula is C13H18N4O3. The maximum atomic E-state index is 11.9. The van der Waals surface area contributed by atoms with E-state index in [0.717, 1.165) is 0 Å². The number of azide groups is 1. The molecule has 7 nitrogen and oxygen atoms in total. The summed E-state index contributed by atoms with van der Waals surface area (Å²) < 4.78 is 10.9. The first-order valence-electron chi connectivity index (χ1n) is 6.41. The van der Waals surface area contributed by atoms with Crippen LogP contribution in [0, 0.1) is 0 Å². The second-order valence-corrected chi connectivity index (χ2v) is 3.74. The molecule has 1 N–H and O–H groups in total. The smallest absolute Gasteiger partial charge is 0.251 e. The lowest BCUT2D eigenvalue weighted by Gasteiger charge is -2.12. The summed E-state index contributed by atoms with van der Waals surface area (Å²) in [7, 11) is 0. The Hall–Kier alpha value is -2.40. The number of hydrogen-bond acceptors (Lipinski definition) is 4. The minimum atomic E-state index is -0.248. The third-order valence-corrected chi connectivity index (χ3v) is 2.37. The van der Waals surface area contributed by atoms with E-state index in [2.05, 4.69) is 15.3 Å². The average molecular weight is 278 g/mol. The predicted molar refractivity (Wildman–Crippen MR) is 75.1 cm³/mol. The number of benzene rings is 1. The first-order chi connectivity index (χ1) is 9.72. The molecule has 0 aliphatic carbocycles. The van der Waals surface area contributed by atoms with Gasteiger partial charge < -0.3 is 14.8 Å². The van der Waals surface area contributed by atoms with Gasteiger partial charge in [-0.2, -0.15) is 0 Å². The highest BCUT2D eigenvalue weighted by Gasteiger charge is 2.10. The third-order valence-electron chi connectivity index (χ3n) is 2.37. The van der Waals surface area contributed by atoms with Crippen LogP contribution in [0.2, 0.25) is 0 Å². The summed E-state index contributed by atoms with van der Waals surface area (Å²) in [6, 6.07) is 5.00. The normalized spacial score (nSPS) is 9.50. The number of ether oxygens (including phenoxy) is 2. The van der Waals surface area contributed by atoms with E-state index >= 15 is 0 Å². The molecule has 0 atom stereocenters. The summed E-state index contributed by atoms with van der Waals surface area (Å²) in [6.07, 6.45) is 0. The second-order valence-electron chi connectivity index (χ2n) is 3.74. The van der Waals surface area contributed by atoms with Crippen LogP contribution in [0.3, 0.4) is 0 Å². The van der Waals surface area contributed by atoms with Crippen LogP contribution >= 0.6 is 0 Å². The van der Waals surface area contributed by atoms with Crippen molar-refractivity contribution >= 4 is 5.91 Å². The summed E-state index contributed by atoms with van der Waals surface area (Å²) in [5.74, 6) is 0.902. The van der Waals surface area contributed by atoms with Gasteiger partial charge in [-0.25, -0.2) is 0 Å². The number of hydrogen-bond donors (Lipinski definition) is 1. The Labute approximate surface area is 117 Å². The van der Waals surface area contributed by atoms with Crippen LogP contribution in [0.1, 0.15) is 24.2 Å². The fraction of sp³-hybridized carbons (Fsp3) is 0.462. The molecule has 0 unspecified atom stereocenters. The summed E-state index contributed by atoms with van der Waals surface area (Å²) in [5, 5.41) is 6.00. The lowest BCUT2D eigenvalue weighted by Crippen LogP contribution is -2.25. The average Bonchev–Trinajstić information content (AvgIpc) is 2.45. The number of carbonyl (C=O) groups excluding carboxylic acids is 1. The van der Waals surface area contributed by atoms with E-state index < -0.39 is 0 Å². The van der Waals surface area contributed by atoms with Crippen molar-refractivity contribution in [2.75, 3.05) is 26.3 Å². The molecule has 20 heavy (non-hydrogen) atoms. The van der Waals surface area contributed by atoms with Gasteiger partial charge in [0.05, 0.1) is 13.2 Å². The van der Waals surface area contributed by atoms with Crippen LogP contribution in [0.25, 0.3) is 10.4 Å². The lowest BCUT2D eigenvalue weighted by atomic mass is 10.2. The fourth-order valence-corrected chi connectivity index (χ4v) is 1.56. The van der Waals surface area contributed by atoms with Gasteiger partial charge in [0.15, 0.2) is 11.5 Å². The van der Waals surface area contributed by atoms with Crippen LogP contribution < -0.4 is 14.8 Å². The zero-order chi connectivity index (χ0) is 14.8. The molecule has 0 bridgehead atoms. The Morgan fingerprint density at radius 3 is 2.65 bits per heavy atom. The molecule has 0 heterocycles. The van der Waals surface area contributed by atoms with Gasteiger partial charge >= 0.3 is 0 Å². The monoisotopic (exact) mass is 278 g/mol. The molecule has 1 rings (SSSR count). The molecule has 0 saturated carbocycles. The van der Waals surface area contributed by atoms with Crippen molar-refractivity contribution in [1.29, 1.82) is 0 Å². The zero-order valence-electron chi connectivity index (χ0n) is 11.6. The second kappa shape index (κ2) is 8.66. The third kappa shape index (κ3) is 4.70. The summed E-state index contributed by atoms with van der Waals surface area (Å²) in [5.41, 5.74) is 8.61. The highest BCUT2D eigenvalue weighted by molar-refractivity contribution is 5.94. The van der Waals surface area contributed by atoms with Crippen molar-refractivity contribution in [3.63, 3.8) is 0 Å². The Morgan fingerprint density at radius 2 is 2.00 bits per heavy atom. The molecule has 1 aromatic rings. The van der Waals surface area contributed by atoms with E-state index in [1.807, 2.05) is 13.8 Å². The molecule has 1 aromatic carbocycles. The van der Waals surface area contributed by atoms with Crippen molar-refractivity contribution in [2.45, 2.75) is 13.8 Å². The van der Waals surface area contributed by atoms with Crippen LogP contribution in [0.4, 0.5) is 0 Å². The number of amides is 1. The molecule has 0 aromatic heterocycles. The van der Waals surface area contributed by atoms with Gasteiger partial charge in [0, 0.05) is 23.6 Å². The number of rotatable bonds is 8. The number of carbonyl (C=O) groups is 1. The molecule has 0 spiro atoms. The van der Waals surface area contributed by atoms with E-state index in [4.69, 9.17) is 15.0 Å². The first kappa shape index (κ1) is 15.7. The largest absolute Gasteiger partial charge is 0.490 e. The summed E-state index contributed by atoms with van der Waals surface area (Å²) in [6.45, 7) is 5.27. The number of nitrogens with one attached hydrogen (secondary N) is 1. The molecule has 0 radical (unpaired) electrons. The highest BCUT2D eigenvalue weighted by atomic mass is 16.5. The van der Waals surface area contributed by atoms with Gasteiger partial charge in [-0.3, -0.25) is 4.79 Å². The van der Waals surface area contributed by atoms with E-state index in [9.17, 15) is 4.79 Å². The van der Waals surface area contributed by atoms with Gasteiger partial charge in [-0.05, 0) is 37.6 Å². The maximum Gasteiger partial charge on any atom is 0.251 e. The Bertz CT molecular complexity index is 498. The van der Waals surface area contributed by atoms with E-state index in [-0.39, 0.29) is 12.5 Å². The molecule has 1 amide bonds. The van der Waals surface area contributed by atoms with Gasteiger partial charge in [0.2, 0.25) is 0 Å². The van der Waals surface area contributed by atoms with Crippen LogP contribution in [0.15, 0.2) is 23.3 Å². The zero-order valence-corrected chi connectivity index (χ0v) is 11.6. The lowest BCUT2D eigenvalue weighted by molar-refractivity contribution is 0.0954.